The highest BCUT2D eigenvalue weighted by Gasteiger charge is 2.29. The summed E-state index contributed by atoms with van der Waals surface area (Å²) in [5.41, 5.74) is -2.26. The van der Waals surface area contributed by atoms with Gasteiger partial charge in [-0.05, 0) is 62.3 Å². The van der Waals surface area contributed by atoms with Gasteiger partial charge in [-0.1, -0.05) is 21.6 Å². The first-order valence-electron chi connectivity index (χ1n) is 9.98. The largest absolute Gasteiger partial charge is 0.480 e. The number of hydrogen-bond donors (Lipinski definition) is 3. The summed E-state index contributed by atoms with van der Waals surface area (Å²) < 4.78 is 15.6. The number of amides is 2. The van der Waals surface area contributed by atoms with Gasteiger partial charge in [-0.15, -0.1) is 0 Å². The summed E-state index contributed by atoms with van der Waals surface area (Å²) in [6.07, 6.45) is -1.61. The third kappa shape index (κ3) is 15.9. The molecule has 2 unspecified atom stereocenters. The van der Waals surface area contributed by atoms with E-state index < -0.39 is 53.0 Å². The van der Waals surface area contributed by atoms with E-state index >= 15 is 0 Å². The lowest BCUT2D eigenvalue weighted by atomic mass is 10.2. The second-order valence-electron chi connectivity index (χ2n) is 9.84. The molecule has 2 atom stereocenters. The highest BCUT2D eigenvalue weighted by atomic mass is 33.1. The number of carboxylic acids is 1. The van der Waals surface area contributed by atoms with Crippen LogP contribution in [0.4, 0.5) is 9.59 Å². The van der Waals surface area contributed by atoms with E-state index in [-0.39, 0.29) is 11.5 Å². The number of carboxylic acid groups (broad SMARTS) is 1. The van der Waals surface area contributed by atoms with Crippen LogP contribution < -0.4 is 10.6 Å². The van der Waals surface area contributed by atoms with Crippen LogP contribution in [-0.4, -0.2) is 69.6 Å². The van der Waals surface area contributed by atoms with Crippen molar-refractivity contribution in [1.82, 2.24) is 10.6 Å². The lowest BCUT2D eigenvalue weighted by molar-refractivity contribution is -0.156. The number of rotatable bonds is 9. The fourth-order valence-electron chi connectivity index (χ4n) is 1.85. The molecule has 0 aromatic heterocycles. The third-order valence-corrected chi connectivity index (χ3v) is 5.35. The summed E-state index contributed by atoms with van der Waals surface area (Å²) in [5, 5.41) is 14.1. The van der Waals surface area contributed by atoms with Gasteiger partial charge in [0, 0.05) is 11.5 Å². The van der Waals surface area contributed by atoms with E-state index in [0.29, 0.717) is 0 Å². The van der Waals surface area contributed by atoms with Crippen molar-refractivity contribution in [2.75, 3.05) is 11.5 Å². The second kappa shape index (κ2) is 12.4. The summed E-state index contributed by atoms with van der Waals surface area (Å²) >= 11 is 0. The molecule has 0 bridgehead atoms. The Morgan fingerprint density at radius 3 is 1.38 bits per heavy atom. The van der Waals surface area contributed by atoms with Gasteiger partial charge in [0.05, 0.1) is 0 Å². The second-order valence-corrected chi connectivity index (χ2v) is 12.4. The van der Waals surface area contributed by atoms with Crippen molar-refractivity contribution in [2.24, 2.45) is 0 Å². The number of carbonyl (C=O) groups is 4. The quantitative estimate of drug-likeness (QED) is 0.188. The Balaban J connectivity index is 4.92. The zero-order valence-corrected chi connectivity index (χ0v) is 21.8. The summed E-state index contributed by atoms with van der Waals surface area (Å²) in [7, 11) is 2.27. The molecule has 0 heterocycles. The molecule has 3 N–H and O–H groups in total. The standard InChI is InChI=1S/C20H36N2O8S2/c1-18(2,3)28-15(25)13(22-17(27)30-20(7,8)9)11-32-31-10-12(14(23)24)21-16(26)29-19(4,5)6/h12-13H,10-11H2,1-9H3,(H,21,26)(H,22,27)(H,23,24). The smallest absolute Gasteiger partial charge is 0.408 e. The van der Waals surface area contributed by atoms with E-state index in [0.717, 1.165) is 21.6 Å². The van der Waals surface area contributed by atoms with Gasteiger partial charge in [0.1, 0.15) is 28.9 Å². The Morgan fingerprint density at radius 1 is 0.688 bits per heavy atom. The first-order chi connectivity index (χ1) is 14.3. The Labute approximate surface area is 197 Å². The molecule has 0 fully saturated rings. The Bertz CT molecular complexity index is 666. The van der Waals surface area contributed by atoms with Crippen LogP contribution in [0.15, 0.2) is 0 Å². The molecular weight excluding hydrogens is 460 g/mol. The van der Waals surface area contributed by atoms with Crippen LogP contribution in [0.25, 0.3) is 0 Å². The SMILES string of the molecule is CC(C)(C)OC(=O)NC(CSSCC(NC(=O)OC(C)(C)C)C(=O)OC(C)(C)C)C(=O)O. The molecule has 0 radical (unpaired) electrons. The fraction of sp³-hybridized carbons (Fsp3) is 0.800. The van der Waals surface area contributed by atoms with Gasteiger partial charge in [-0.25, -0.2) is 19.2 Å². The van der Waals surface area contributed by atoms with Crippen LogP contribution in [0, 0.1) is 0 Å². The van der Waals surface area contributed by atoms with Crippen molar-refractivity contribution in [3.05, 3.63) is 0 Å². The maximum absolute atomic E-state index is 12.5. The predicted octanol–water partition coefficient (Wildman–Crippen LogP) is 3.58. The van der Waals surface area contributed by atoms with Crippen molar-refractivity contribution >= 4 is 45.7 Å². The topological polar surface area (TPSA) is 140 Å². The number of alkyl carbamates (subject to hydrolysis) is 2. The summed E-state index contributed by atoms with van der Waals surface area (Å²) in [6.45, 7) is 15.2. The van der Waals surface area contributed by atoms with Gasteiger partial charge in [0.15, 0.2) is 0 Å². The number of aliphatic carboxylic acids is 1. The number of carbonyl (C=O) groups excluding carboxylic acids is 3. The molecule has 10 nitrogen and oxygen atoms in total. The van der Waals surface area contributed by atoms with E-state index in [9.17, 15) is 24.3 Å². The van der Waals surface area contributed by atoms with Gasteiger partial charge in [-0.3, -0.25) is 0 Å². The number of esters is 1. The highest BCUT2D eigenvalue weighted by Crippen LogP contribution is 2.24. The molecule has 2 amide bonds. The zero-order chi connectivity index (χ0) is 25.3. The average molecular weight is 497 g/mol. The Morgan fingerprint density at radius 2 is 1.03 bits per heavy atom. The normalized spacial score (nSPS) is 14.0. The van der Waals surface area contributed by atoms with E-state index in [2.05, 4.69) is 10.6 Å². The van der Waals surface area contributed by atoms with Crippen molar-refractivity contribution in [3.8, 4) is 0 Å². The van der Waals surface area contributed by atoms with Gasteiger partial charge in [-0.2, -0.15) is 0 Å². The van der Waals surface area contributed by atoms with Crippen LogP contribution in [0.2, 0.25) is 0 Å². The molecule has 32 heavy (non-hydrogen) atoms. The number of nitrogens with one attached hydrogen (secondary N) is 2. The molecule has 0 saturated carbocycles. The summed E-state index contributed by atoms with van der Waals surface area (Å²) in [6, 6.07) is -2.20. The molecule has 0 rings (SSSR count). The molecule has 0 aromatic rings. The zero-order valence-electron chi connectivity index (χ0n) is 20.2. The van der Waals surface area contributed by atoms with E-state index in [1.807, 2.05) is 0 Å². The van der Waals surface area contributed by atoms with Crippen molar-refractivity contribution in [1.29, 1.82) is 0 Å². The van der Waals surface area contributed by atoms with Crippen molar-refractivity contribution < 1.29 is 38.5 Å². The maximum atomic E-state index is 12.5. The highest BCUT2D eigenvalue weighted by molar-refractivity contribution is 8.76. The minimum absolute atomic E-state index is 0.00667. The minimum Gasteiger partial charge on any atom is -0.480 e. The van der Waals surface area contributed by atoms with Crippen LogP contribution in [0.5, 0.6) is 0 Å². The van der Waals surface area contributed by atoms with Gasteiger partial charge >= 0.3 is 24.1 Å². The molecule has 0 aliphatic carbocycles. The molecule has 186 valence electrons. The molecule has 0 saturated heterocycles. The fourth-order valence-corrected chi connectivity index (χ4v) is 4.15. The number of hydrogen-bond acceptors (Lipinski definition) is 9. The van der Waals surface area contributed by atoms with Gasteiger partial charge in [0.2, 0.25) is 0 Å². The molecule has 0 aliphatic heterocycles. The van der Waals surface area contributed by atoms with E-state index in [1.165, 1.54) is 0 Å². The molecule has 0 aliphatic rings. The lowest BCUT2D eigenvalue weighted by Gasteiger charge is -2.26. The predicted molar refractivity (Wildman–Crippen MR) is 125 cm³/mol. The van der Waals surface area contributed by atoms with Gasteiger partial charge < -0.3 is 30.0 Å². The van der Waals surface area contributed by atoms with Crippen LogP contribution in [0.3, 0.4) is 0 Å². The Kier molecular flexibility index (Phi) is 11.7. The average Bonchev–Trinajstić information content (AvgIpc) is 2.50. The minimum atomic E-state index is -1.22. The first kappa shape index (κ1) is 30.2. The van der Waals surface area contributed by atoms with Gasteiger partial charge in [0.25, 0.3) is 0 Å². The van der Waals surface area contributed by atoms with E-state index in [1.54, 1.807) is 62.3 Å². The summed E-state index contributed by atoms with van der Waals surface area (Å²) in [5.74, 6) is -1.76. The molecule has 0 aromatic carbocycles. The first-order valence-corrected chi connectivity index (χ1v) is 12.5. The van der Waals surface area contributed by atoms with Crippen molar-refractivity contribution in [2.45, 2.75) is 91.2 Å². The third-order valence-electron chi connectivity index (χ3n) is 2.92. The monoisotopic (exact) mass is 496 g/mol. The molecule has 0 spiro atoms. The molecular formula is C20H36N2O8S2. The maximum Gasteiger partial charge on any atom is 0.408 e. The molecule has 12 heteroatoms. The van der Waals surface area contributed by atoms with Crippen LogP contribution >= 0.6 is 21.6 Å². The van der Waals surface area contributed by atoms with Crippen LogP contribution in [-0.2, 0) is 23.8 Å². The summed E-state index contributed by atoms with van der Waals surface area (Å²) in [4.78, 5) is 47.9. The van der Waals surface area contributed by atoms with Crippen LogP contribution in [0.1, 0.15) is 62.3 Å². The van der Waals surface area contributed by atoms with Crippen molar-refractivity contribution in [3.63, 3.8) is 0 Å². The van der Waals surface area contributed by atoms with E-state index in [4.69, 9.17) is 14.2 Å². The number of ether oxygens (including phenoxy) is 3. The Hall–Kier alpha value is -1.82. The lowest BCUT2D eigenvalue weighted by Crippen LogP contribution is -2.47.